The molecule has 0 aromatic heterocycles. The second-order valence-corrected chi connectivity index (χ2v) is 8.07. The fourth-order valence-corrected chi connectivity index (χ4v) is 4.46. The highest BCUT2D eigenvalue weighted by atomic mass is 79.9. The molecule has 0 nitrogen and oxygen atoms in total. The zero-order valence-electron chi connectivity index (χ0n) is 16.6. The van der Waals surface area contributed by atoms with Gasteiger partial charge in [0.1, 0.15) is 0 Å². The number of halogens is 1. The highest BCUT2D eigenvalue weighted by molar-refractivity contribution is 8.93. The van der Waals surface area contributed by atoms with Crippen molar-refractivity contribution >= 4 is 26.2 Å². The predicted octanol–water partition coefficient (Wildman–Crippen LogP) is 7.32. The summed E-state index contributed by atoms with van der Waals surface area (Å²) in [6, 6.07) is 32.9. The van der Waals surface area contributed by atoms with Crippen molar-refractivity contribution < 1.29 is 0 Å². The number of rotatable bonds is 10. The Balaban J connectivity index is 0.00000280. The third kappa shape index (κ3) is 7.19. The van der Waals surface area contributed by atoms with E-state index in [1.807, 2.05) is 0 Å². The summed E-state index contributed by atoms with van der Waals surface area (Å²) in [5, 5.41) is 0. The molecule has 0 saturated carbocycles. The van der Waals surface area contributed by atoms with Gasteiger partial charge in [-0.2, -0.15) is 0 Å². The molecule has 0 amide bonds. The van der Waals surface area contributed by atoms with Gasteiger partial charge in [0.05, 0.1) is 0 Å². The maximum absolute atomic E-state index is 3.06. The summed E-state index contributed by atoms with van der Waals surface area (Å²) < 4.78 is 0. The molecule has 3 aromatic carbocycles. The molecule has 0 aliphatic heterocycles. The fourth-order valence-electron chi connectivity index (χ4n) is 3.84. The summed E-state index contributed by atoms with van der Waals surface area (Å²) >= 11 is 0. The Morgan fingerprint density at radius 3 is 1.04 bits per heavy atom. The molecule has 3 aromatic rings. The Hall–Kier alpha value is -1.43. The minimum Gasteiger partial charge on any atom is -0.137 e. The number of hydrogen-bond donors (Lipinski definition) is 0. The first-order valence-electron chi connectivity index (χ1n) is 10.1. The van der Waals surface area contributed by atoms with Crippen LogP contribution in [0.4, 0.5) is 0 Å². The van der Waals surface area contributed by atoms with Gasteiger partial charge < -0.3 is 0 Å². The molecule has 1 unspecified atom stereocenters. The molecule has 0 aliphatic carbocycles. The number of hydrogen-bond acceptors (Lipinski definition) is 0. The van der Waals surface area contributed by atoms with Gasteiger partial charge in [-0.25, -0.2) is 0 Å². The summed E-state index contributed by atoms with van der Waals surface area (Å²) in [5.74, 6) is 0. The Kier molecular flexibility index (Phi) is 9.96. The highest BCUT2D eigenvalue weighted by Gasteiger charge is 2.27. The van der Waals surface area contributed by atoms with E-state index in [1.54, 1.807) is 0 Å². The predicted molar refractivity (Wildman–Crippen MR) is 132 cm³/mol. The van der Waals surface area contributed by atoms with Crippen molar-refractivity contribution in [1.29, 1.82) is 0 Å². The van der Waals surface area contributed by atoms with Crippen LogP contribution < -0.4 is 0 Å². The second-order valence-electron chi connectivity index (χ2n) is 7.66. The Morgan fingerprint density at radius 2 is 0.786 bits per heavy atom. The van der Waals surface area contributed by atoms with Gasteiger partial charge in [-0.1, -0.05) is 91.0 Å². The Labute approximate surface area is 183 Å². The van der Waals surface area contributed by atoms with Crippen LogP contribution in [0.5, 0.6) is 0 Å². The molecule has 0 fully saturated rings. The molecule has 0 radical (unpaired) electrons. The monoisotopic (exact) mass is 454 g/mol. The zero-order valence-corrected chi connectivity index (χ0v) is 19.5. The van der Waals surface area contributed by atoms with E-state index >= 15 is 0 Å². The minimum absolute atomic E-state index is 0. The first-order chi connectivity index (χ1) is 13.3. The molecule has 0 spiro atoms. The third-order valence-electron chi connectivity index (χ3n) is 5.79. The lowest BCUT2D eigenvalue weighted by Gasteiger charge is -2.33. The van der Waals surface area contributed by atoms with Gasteiger partial charge in [-0.05, 0) is 66.8 Å². The van der Waals surface area contributed by atoms with Crippen molar-refractivity contribution in [1.82, 2.24) is 0 Å². The first-order valence-corrected chi connectivity index (χ1v) is 10.9. The van der Waals surface area contributed by atoms with Crippen LogP contribution in [0.1, 0.15) is 36.0 Å². The van der Waals surface area contributed by atoms with Crippen molar-refractivity contribution in [2.75, 3.05) is 6.16 Å². The topological polar surface area (TPSA) is 0 Å². The van der Waals surface area contributed by atoms with Gasteiger partial charge in [0.25, 0.3) is 0 Å². The van der Waals surface area contributed by atoms with Crippen LogP contribution in [0.2, 0.25) is 0 Å². The Bertz CT molecular complexity index is 665. The summed E-state index contributed by atoms with van der Waals surface area (Å²) in [6.45, 7) is 0. The summed E-state index contributed by atoms with van der Waals surface area (Å²) in [6.07, 6.45) is 8.41. The van der Waals surface area contributed by atoms with E-state index in [1.165, 1.54) is 61.4 Å². The van der Waals surface area contributed by atoms with Crippen molar-refractivity contribution in [3.05, 3.63) is 108 Å². The summed E-state index contributed by atoms with van der Waals surface area (Å²) in [7, 11) is 3.06. The van der Waals surface area contributed by atoms with Gasteiger partial charge in [-0.3, -0.25) is 0 Å². The molecule has 28 heavy (non-hydrogen) atoms. The van der Waals surface area contributed by atoms with E-state index in [0.717, 1.165) is 0 Å². The van der Waals surface area contributed by atoms with Crippen LogP contribution in [0.3, 0.4) is 0 Å². The van der Waals surface area contributed by atoms with Crippen molar-refractivity contribution in [3.63, 3.8) is 0 Å². The molecule has 0 saturated heterocycles. The minimum atomic E-state index is 0. The quantitative estimate of drug-likeness (QED) is 0.281. The molecule has 0 N–H and O–H groups in total. The average Bonchev–Trinajstić information content (AvgIpc) is 2.76. The van der Waals surface area contributed by atoms with E-state index in [9.17, 15) is 0 Å². The number of benzene rings is 3. The zero-order chi connectivity index (χ0) is 18.8. The lowest BCUT2D eigenvalue weighted by Crippen LogP contribution is -2.25. The number of aryl methyl sites for hydroxylation is 3. The molecule has 3 rings (SSSR count). The lowest BCUT2D eigenvalue weighted by atomic mass is 9.75. The van der Waals surface area contributed by atoms with E-state index < -0.39 is 0 Å². The maximum atomic E-state index is 3.06. The molecule has 0 aliphatic rings. The smallest absolute Gasteiger partial charge is 0.0253 e. The van der Waals surface area contributed by atoms with Crippen LogP contribution in [-0.2, 0) is 19.3 Å². The van der Waals surface area contributed by atoms with Crippen LogP contribution >= 0.6 is 26.2 Å². The van der Waals surface area contributed by atoms with Gasteiger partial charge >= 0.3 is 0 Å². The average molecular weight is 455 g/mol. The fraction of sp³-hybridized carbons (Fsp3) is 0.308. The van der Waals surface area contributed by atoms with Crippen LogP contribution in [0.25, 0.3) is 0 Å². The van der Waals surface area contributed by atoms with Crippen molar-refractivity contribution in [2.45, 2.75) is 38.5 Å². The van der Waals surface area contributed by atoms with E-state index in [2.05, 4.69) is 100 Å². The molecule has 1 atom stereocenters. The van der Waals surface area contributed by atoms with Gasteiger partial charge in [0.15, 0.2) is 0 Å². The highest BCUT2D eigenvalue weighted by Crippen LogP contribution is 2.37. The SMILES string of the molecule is Br.PCC(CCc1ccccc1)(CCc1ccccc1)CCc1ccccc1. The first kappa shape index (κ1) is 22.9. The molecule has 148 valence electrons. The molecule has 0 heterocycles. The lowest BCUT2D eigenvalue weighted by molar-refractivity contribution is 0.257. The molecule has 0 bridgehead atoms. The van der Waals surface area contributed by atoms with Crippen molar-refractivity contribution in [3.8, 4) is 0 Å². The van der Waals surface area contributed by atoms with Crippen LogP contribution in [0.15, 0.2) is 91.0 Å². The van der Waals surface area contributed by atoms with Gasteiger partial charge in [0, 0.05) is 0 Å². The van der Waals surface area contributed by atoms with E-state index in [-0.39, 0.29) is 17.0 Å². The molecular formula is C26H32BrP. The summed E-state index contributed by atoms with van der Waals surface area (Å²) in [5.41, 5.74) is 4.74. The van der Waals surface area contributed by atoms with Crippen LogP contribution in [-0.4, -0.2) is 6.16 Å². The standard InChI is InChI=1S/C26H31P.BrH/c27-22-26(19-16-23-10-4-1-5-11-23,20-17-24-12-6-2-7-13-24)21-18-25-14-8-3-9-15-25;/h1-15H,16-22,27H2;1H. The van der Waals surface area contributed by atoms with E-state index in [4.69, 9.17) is 0 Å². The molecular weight excluding hydrogens is 423 g/mol. The third-order valence-corrected chi connectivity index (χ3v) is 6.66. The second kappa shape index (κ2) is 12.2. The van der Waals surface area contributed by atoms with Crippen molar-refractivity contribution in [2.24, 2.45) is 5.41 Å². The maximum Gasteiger partial charge on any atom is -0.0253 e. The Morgan fingerprint density at radius 1 is 0.500 bits per heavy atom. The molecule has 2 heteroatoms. The van der Waals surface area contributed by atoms with Gasteiger partial charge in [0.2, 0.25) is 0 Å². The normalized spacial score (nSPS) is 11.0. The largest absolute Gasteiger partial charge is 0.137 e. The van der Waals surface area contributed by atoms with Crippen LogP contribution in [0, 0.1) is 5.41 Å². The van der Waals surface area contributed by atoms with E-state index in [0.29, 0.717) is 5.41 Å². The van der Waals surface area contributed by atoms with Gasteiger partial charge in [-0.15, -0.1) is 26.2 Å². The summed E-state index contributed by atoms with van der Waals surface area (Å²) in [4.78, 5) is 0.